The van der Waals surface area contributed by atoms with Gasteiger partial charge in [0.25, 0.3) is 0 Å². The molecule has 1 aliphatic heterocycles. The monoisotopic (exact) mass is 288 g/mol. The molecule has 0 radical (unpaired) electrons. The summed E-state index contributed by atoms with van der Waals surface area (Å²) in [4.78, 5) is 11.6. The summed E-state index contributed by atoms with van der Waals surface area (Å²) in [6.07, 6.45) is 2.93. The number of hydrogen-bond donors (Lipinski definition) is 2. The Hall–Kier alpha value is -1.35. The maximum absolute atomic E-state index is 11.6. The van der Waals surface area contributed by atoms with Crippen molar-refractivity contribution in [2.24, 2.45) is 0 Å². The van der Waals surface area contributed by atoms with Crippen LogP contribution in [0.1, 0.15) is 68.6 Å². The van der Waals surface area contributed by atoms with Gasteiger partial charge in [-0.25, -0.2) is 0 Å². The first-order valence-electron chi connectivity index (χ1n) is 8.22. The Bertz CT molecular complexity index is 476. The Morgan fingerprint density at radius 2 is 2.05 bits per heavy atom. The predicted octanol–water partition coefficient (Wildman–Crippen LogP) is 3.30. The number of benzene rings is 1. The summed E-state index contributed by atoms with van der Waals surface area (Å²) >= 11 is 0. The molecule has 0 saturated carbocycles. The van der Waals surface area contributed by atoms with Crippen molar-refractivity contribution in [3.63, 3.8) is 0 Å². The van der Waals surface area contributed by atoms with Crippen LogP contribution in [-0.4, -0.2) is 19.0 Å². The summed E-state index contributed by atoms with van der Waals surface area (Å²) < 4.78 is 0. The number of carbonyl (C=O) groups excluding carboxylic acids is 1. The van der Waals surface area contributed by atoms with Gasteiger partial charge in [-0.2, -0.15) is 0 Å². The van der Waals surface area contributed by atoms with Gasteiger partial charge in [-0.3, -0.25) is 4.79 Å². The third-order valence-electron chi connectivity index (χ3n) is 4.41. The summed E-state index contributed by atoms with van der Waals surface area (Å²) in [6.45, 7) is 9.18. The zero-order valence-corrected chi connectivity index (χ0v) is 13.5. The van der Waals surface area contributed by atoms with E-state index in [9.17, 15) is 4.79 Å². The molecule has 116 valence electrons. The summed E-state index contributed by atoms with van der Waals surface area (Å²) in [5, 5.41) is 6.46. The standard InChI is InChI=1S/C18H28N2O/c1-4-18(21)20-12-16-11-15(13(2)3)5-6-17(16)14-7-9-19-10-8-14/h5-6,11,13-14,19H,4,7-10,12H2,1-3H3,(H,20,21). The fourth-order valence-electron chi connectivity index (χ4n) is 2.99. The van der Waals surface area contributed by atoms with Crippen LogP contribution in [0.2, 0.25) is 0 Å². The van der Waals surface area contributed by atoms with Gasteiger partial charge < -0.3 is 10.6 Å². The van der Waals surface area contributed by atoms with Crippen molar-refractivity contribution in [2.45, 2.75) is 58.4 Å². The van der Waals surface area contributed by atoms with Crippen LogP contribution in [0.3, 0.4) is 0 Å². The van der Waals surface area contributed by atoms with Gasteiger partial charge in [0.2, 0.25) is 5.91 Å². The van der Waals surface area contributed by atoms with Crippen LogP contribution in [0.25, 0.3) is 0 Å². The zero-order valence-electron chi connectivity index (χ0n) is 13.5. The second-order valence-corrected chi connectivity index (χ2v) is 6.27. The number of hydrogen-bond acceptors (Lipinski definition) is 2. The van der Waals surface area contributed by atoms with Crippen LogP contribution >= 0.6 is 0 Å². The molecule has 0 unspecified atom stereocenters. The second-order valence-electron chi connectivity index (χ2n) is 6.27. The van der Waals surface area contributed by atoms with Crippen molar-refractivity contribution in [3.05, 3.63) is 34.9 Å². The molecule has 1 aromatic rings. The molecule has 2 rings (SSSR count). The van der Waals surface area contributed by atoms with E-state index in [0.29, 0.717) is 24.8 Å². The molecule has 2 N–H and O–H groups in total. The highest BCUT2D eigenvalue weighted by Gasteiger charge is 2.19. The van der Waals surface area contributed by atoms with Crippen molar-refractivity contribution in [3.8, 4) is 0 Å². The quantitative estimate of drug-likeness (QED) is 0.873. The normalized spacial score (nSPS) is 16.2. The zero-order chi connectivity index (χ0) is 15.2. The summed E-state index contributed by atoms with van der Waals surface area (Å²) in [6, 6.07) is 6.84. The molecule has 0 bridgehead atoms. The maximum Gasteiger partial charge on any atom is 0.219 e. The number of piperidine rings is 1. The average Bonchev–Trinajstić information content (AvgIpc) is 2.53. The second kappa shape index (κ2) is 7.60. The minimum Gasteiger partial charge on any atom is -0.352 e. The van der Waals surface area contributed by atoms with Crippen molar-refractivity contribution in [2.75, 3.05) is 13.1 Å². The molecule has 21 heavy (non-hydrogen) atoms. The Morgan fingerprint density at radius 3 is 2.67 bits per heavy atom. The van der Waals surface area contributed by atoms with Crippen LogP contribution in [0.15, 0.2) is 18.2 Å². The summed E-state index contributed by atoms with van der Waals surface area (Å²) in [7, 11) is 0. The fraction of sp³-hybridized carbons (Fsp3) is 0.611. The van der Waals surface area contributed by atoms with E-state index in [-0.39, 0.29) is 5.91 Å². The molecule has 0 atom stereocenters. The summed E-state index contributed by atoms with van der Waals surface area (Å²) in [5.41, 5.74) is 4.08. The first-order chi connectivity index (χ1) is 10.1. The van der Waals surface area contributed by atoms with Crippen LogP contribution < -0.4 is 10.6 Å². The van der Waals surface area contributed by atoms with Gasteiger partial charge >= 0.3 is 0 Å². The van der Waals surface area contributed by atoms with Gasteiger partial charge in [-0.1, -0.05) is 39.0 Å². The number of rotatable bonds is 5. The lowest BCUT2D eigenvalue weighted by Gasteiger charge is -2.26. The molecule has 0 aromatic heterocycles. The number of nitrogens with one attached hydrogen (secondary N) is 2. The van der Waals surface area contributed by atoms with Crippen LogP contribution in [-0.2, 0) is 11.3 Å². The Morgan fingerprint density at radius 1 is 1.33 bits per heavy atom. The van der Waals surface area contributed by atoms with Crippen LogP contribution in [0, 0.1) is 0 Å². The predicted molar refractivity (Wildman–Crippen MR) is 87.5 cm³/mol. The number of carbonyl (C=O) groups is 1. The molecule has 3 nitrogen and oxygen atoms in total. The van der Waals surface area contributed by atoms with Crippen molar-refractivity contribution >= 4 is 5.91 Å². The van der Waals surface area contributed by atoms with Crippen molar-refractivity contribution in [1.82, 2.24) is 10.6 Å². The maximum atomic E-state index is 11.6. The Balaban J connectivity index is 2.22. The SMILES string of the molecule is CCC(=O)NCc1cc(C(C)C)ccc1C1CCNCC1. The van der Waals surface area contributed by atoms with E-state index in [2.05, 4.69) is 42.7 Å². The average molecular weight is 288 g/mol. The van der Waals surface area contributed by atoms with Crippen LogP contribution in [0.4, 0.5) is 0 Å². The molecule has 1 saturated heterocycles. The smallest absolute Gasteiger partial charge is 0.219 e. The van der Waals surface area contributed by atoms with E-state index in [1.807, 2.05) is 6.92 Å². The number of amides is 1. The minimum absolute atomic E-state index is 0.126. The van der Waals surface area contributed by atoms with Gasteiger partial charge in [0.1, 0.15) is 0 Å². The Kier molecular flexibility index (Phi) is 5.80. The lowest BCUT2D eigenvalue weighted by molar-refractivity contribution is -0.120. The van der Waals surface area contributed by atoms with Gasteiger partial charge in [-0.05, 0) is 54.5 Å². The lowest BCUT2D eigenvalue weighted by Crippen LogP contribution is -2.28. The van der Waals surface area contributed by atoms with Gasteiger partial charge in [0.15, 0.2) is 0 Å². The molecule has 1 amide bonds. The molecule has 0 aliphatic carbocycles. The van der Waals surface area contributed by atoms with Gasteiger partial charge in [0, 0.05) is 13.0 Å². The molecular formula is C18H28N2O. The molecule has 1 aromatic carbocycles. The van der Waals surface area contributed by atoms with Crippen molar-refractivity contribution < 1.29 is 4.79 Å². The van der Waals surface area contributed by atoms with E-state index in [1.54, 1.807) is 0 Å². The third-order valence-corrected chi connectivity index (χ3v) is 4.41. The lowest BCUT2D eigenvalue weighted by atomic mass is 9.85. The van der Waals surface area contributed by atoms with Gasteiger partial charge in [0.05, 0.1) is 0 Å². The van der Waals surface area contributed by atoms with E-state index in [1.165, 1.54) is 29.5 Å². The van der Waals surface area contributed by atoms with Gasteiger partial charge in [-0.15, -0.1) is 0 Å². The topological polar surface area (TPSA) is 41.1 Å². The molecule has 1 aliphatic rings. The molecule has 1 fully saturated rings. The largest absolute Gasteiger partial charge is 0.352 e. The molecule has 3 heteroatoms. The highest BCUT2D eigenvalue weighted by molar-refractivity contribution is 5.75. The highest BCUT2D eigenvalue weighted by atomic mass is 16.1. The first kappa shape index (κ1) is 16.0. The van der Waals surface area contributed by atoms with Crippen molar-refractivity contribution in [1.29, 1.82) is 0 Å². The van der Waals surface area contributed by atoms with Crippen LogP contribution in [0.5, 0.6) is 0 Å². The van der Waals surface area contributed by atoms with E-state index >= 15 is 0 Å². The summed E-state index contributed by atoms with van der Waals surface area (Å²) in [5.74, 6) is 1.27. The first-order valence-corrected chi connectivity index (χ1v) is 8.22. The highest BCUT2D eigenvalue weighted by Crippen LogP contribution is 2.30. The molecular weight excluding hydrogens is 260 g/mol. The van der Waals surface area contributed by atoms with E-state index < -0.39 is 0 Å². The molecule has 1 heterocycles. The Labute approximate surface area is 128 Å². The van der Waals surface area contributed by atoms with E-state index in [0.717, 1.165) is 13.1 Å². The fourth-order valence-corrected chi connectivity index (χ4v) is 2.99. The van der Waals surface area contributed by atoms with E-state index in [4.69, 9.17) is 0 Å². The minimum atomic E-state index is 0.126. The molecule has 0 spiro atoms. The third kappa shape index (κ3) is 4.31.